The van der Waals surface area contributed by atoms with Gasteiger partial charge >= 0.3 is 0 Å². The number of likely N-dealkylation sites (N-methyl/N-ethyl adjacent to an activating group) is 1. The zero-order chi connectivity index (χ0) is 17.0. The Labute approximate surface area is 145 Å². The number of carbonyl (C=O) groups is 2. The Balaban J connectivity index is 1.76. The van der Waals surface area contributed by atoms with Gasteiger partial charge in [0.05, 0.1) is 13.1 Å². The number of halogens is 1. The first-order valence-electron chi connectivity index (χ1n) is 7.89. The maximum Gasteiger partial charge on any atom is 0.238 e. The molecule has 2 rings (SSSR count). The predicted octanol–water partition coefficient (Wildman–Crippen LogP) is 2.54. The van der Waals surface area contributed by atoms with Gasteiger partial charge in [-0.1, -0.05) is 15.9 Å². The van der Waals surface area contributed by atoms with Crippen molar-refractivity contribution < 1.29 is 9.59 Å². The van der Waals surface area contributed by atoms with Crippen molar-refractivity contribution >= 4 is 33.4 Å². The largest absolute Gasteiger partial charge is 0.352 e. The van der Waals surface area contributed by atoms with Gasteiger partial charge in [-0.05, 0) is 63.4 Å². The van der Waals surface area contributed by atoms with E-state index in [4.69, 9.17) is 0 Å². The molecule has 23 heavy (non-hydrogen) atoms. The first-order chi connectivity index (χ1) is 10.8. The highest BCUT2D eigenvalue weighted by Crippen LogP contribution is 2.32. The summed E-state index contributed by atoms with van der Waals surface area (Å²) in [5.74, 6) is 0.480. The van der Waals surface area contributed by atoms with Crippen LogP contribution in [0, 0.1) is 12.8 Å². The quantitative estimate of drug-likeness (QED) is 0.762. The maximum atomic E-state index is 12.1. The summed E-state index contributed by atoms with van der Waals surface area (Å²) in [5, 5.41) is 5.87. The van der Waals surface area contributed by atoms with E-state index in [9.17, 15) is 9.59 Å². The van der Waals surface area contributed by atoms with Crippen molar-refractivity contribution in [2.75, 3.05) is 25.5 Å². The molecule has 0 bridgehead atoms. The Morgan fingerprint density at radius 2 is 1.96 bits per heavy atom. The Bertz CT molecular complexity index is 587. The standard InChI is InChI=1S/C17H24BrN3O2/c1-11-8-14(18)6-7-15(11)20-17(23)10-21(3)9-16(22)19-12(2)13-4-5-13/h6-8,12-13H,4-5,9-10H2,1-3H3,(H,19,22)(H,20,23)/t12-/m1/s1. The summed E-state index contributed by atoms with van der Waals surface area (Å²) in [4.78, 5) is 25.7. The van der Waals surface area contributed by atoms with Crippen molar-refractivity contribution in [3.8, 4) is 0 Å². The Morgan fingerprint density at radius 1 is 1.30 bits per heavy atom. The van der Waals surface area contributed by atoms with Crippen LogP contribution in [0.15, 0.2) is 22.7 Å². The first-order valence-corrected chi connectivity index (χ1v) is 8.68. The fourth-order valence-corrected chi connectivity index (χ4v) is 2.99. The van der Waals surface area contributed by atoms with Crippen LogP contribution in [0.1, 0.15) is 25.3 Å². The van der Waals surface area contributed by atoms with Crippen molar-refractivity contribution in [3.63, 3.8) is 0 Å². The Hall–Kier alpha value is -1.40. The van der Waals surface area contributed by atoms with Gasteiger partial charge in [0.1, 0.15) is 0 Å². The van der Waals surface area contributed by atoms with E-state index < -0.39 is 0 Å². The normalized spacial score (nSPS) is 15.3. The third kappa shape index (κ3) is 5.95. The number of hydrogen-bond donors (Lipinski definition) is 2. The molecular weight excluding hydrogens is 358 g/mol. The van der Waals surface area contributed by atoms with Gasteiger partial charge in [-0.15, -0.1) is 0 Å². The summed E-state index contributed by atoms with van der Waals surface area (Å²) in [6.45, 7) is 4.39. The minimum Gasteiger partial charge on any atom is -0.352 e. The molecule has 1 aromatic carbocycles. The summed E-state index contributed by atoms with van der Waals surface area (Å²) < 4.78 is 0.978. The van der Waals surface area contributed by atoms with E-state index in [1.807, 2.05) is 32.0 Å². The average Bonchev–Trinajstić information content (AvgIpc) is 3.25. The van der Waals surface area contributed by atoms with Crippen molar-refractivity contribution in [1.29, 1.82) is 0 Å². The molecule has 0 aliphatic heterocycles. The molecule has 1 fully saturated rings. The highest BCUT2D eigenvalue weighted by molar-refractivity contribution is 9.10. The molecule has 0 unspecified atom stereocenters. The Morgan fingerprint density at radius 3 is 2.57 bits per heavy atom. The molecule has 0 radical (unpaired) electrons. The van der Waals surface area contributed by atoms with Gasteiger partial charge in [0.25, 0.3) is 0 Å². The smallest absolute Gasteiger partial charge is 0.238 e. The number of benzene rings is 1. The van der Waals surface area contributed by atoms with E-state index in [1.165, 1.54) is 12.8 Å². The van der Waals surface area contributed by atoms with Gasteiger partial charge < -0.3 is 10.6 Å². The summed E-state index contributed by atoms with van der Waals surface area (Å²) in [7, 11) is 1.77. The lowest BCUT2D eigenvalue weighted by atomic mass is 10.2. The number of aryl methyl sites for hydroxylation is 1. The van der Waals surface area contributed by atoms with Gasteiger partial charge in [0.2, 0.25) is 11.8 Å². The molecule has 1 aliphatic carbocycles. The number of hydrogen-bond acceptors (Lipinski definition) is 3. The fraction of sp³-hybridized carbons (Fsp3) is 0.529. The number of amides is 2. The molecule has 6 heteroatoms. The number of rotatable bonds is 7. The molecule has 0 heterocycles. The molecule has 126 valence electrons. The second-order valence-corrected chi connectivity index (χ2v) is 7.29. The minimum atomic E-state index is -0.124. The number of carbonyl (C=O) groups excluding carboxylic acids is 2. The van der Waals surface area contributed by atoms with Gasteiger partial charge in [0.15, 0.2) is 0 Å². The monoisotopic (exact) mass is 381 g/mol. The zero-order valence-electron chi connectivity index (χ0n) is 13.9. The van der Waals surface area contributed by atoms with Gasteiger partial charge in [-0.25, -0.2) is 0 Å². The molecule has 1 aliphatic rings. The molecule has 1 saturated carbocycles. The Kier molecular flexibility index (Phi) is 6.18. The van der Waals surface area contributed by atoms with E-state index in [2.05, 4.69) is 26.6 Å². The molecule has 1 atom stereocenters. The lowest BCUT2D eigenvalue weighted by Crippen LogP contribution is -2.42. The van der Waals surface area contributed by atoms with Gasteiger partial charge in [-0.3, -0.25) is 14.5 Å². The van der Waals surface area contributed by atoms with E-state index in [-0.39, 0.29) is 30.9 Å². The second-order valence-electron chi connectivity index (χ2n) is 6.37. The molecule has 2 N–H and O–H groups in total. The van der Waals surface area contributed by atoms with Crippen LogP contribution in [0.2, 0.25) is 0 Å². The summed E-state index contributed by atoms with van der Waals surface area (Å²) in [6, 6.07) is 5.93. The predicted molar refractivity (Wildman–Crippen MR) is 95.3 cm³/mol. The molecule has 5 nitrogen and oxygen atoms in total. The maximum absolute atomic E-state index is 12.1. The van der Waals surface area contributed by atoms with Crippen LogP contribution in [0.3, 0.4) is 0 Å². The van der Waals surface area contributed by atoms with Crippen molar-refractivity contribution in [2.24, 2.45) is 5.92 Å². The average molecular weight is 382 g/mol. The fourth-order valence-electron chi connectivity index (χ4n) is 2.52. The SMILES string of the molecule is Cc1cc(Br)ccc1NC(=O)CN(C)CC(=O)N[C@H](C)C1CC1. The van der Waals surface area contributed by atoms with E-state index in [0.717, 1.165) is 15.7 Å². The molecule has 1 aromatic rings. The van der Waals surface area contributed by atoms with E-state index >= 15 is 0 Å². The van der Waals surface area contributed by atoms with Crippen molar-refractivity contribution in [1.82, 2.24) is 10.2 Å². The molecule has 2 amide bonds. The minimum absolute atomic E-state index is 0.0282. The van der Waals surface area contributed by atoms with Crippen molar-refractivity contribution in [3.05, 3.63) is 28.2 Å². The lowest BCUT2D eigenvalue weighted by molar-refractivity contribution is -0.123. The van der Waals surface area contributed by atoms with E-state index in [1.54, 1.807) is 11.9 Å². The van der Waals surface area contributed by atoms with Crippen LogP contribution in [-0.4, -0.2) is 42.9 Å². The van der Waals surface area contributed by atoms with E-state index in [0.29, 0.717) is 5.92 Å². The summed E-state index contributed by atoms with van der Waals surface area (Å²) >= 11 is 3.40. The second kappa shape index (κ2) is 7.93. The van der Waals surface area contributed by atoms with Crippen LogP contribution in [0.5, 0.6) is 0 Å². The molecule has 0 aromatic heterocycles. The molecule has 0 saturated heterocycles. The molecule has 0 spiro atoms. The van der Waals surface area contributed by atoms with Gasteiger partial charge in [0, 0.05) is 16.2 Å². The van der Waals surface area contributed by atoms with Crippen LogP contribution in [0.4, 0.5) is 5.69 Å². The number of nitrogens with zero attached hydrogens (tertiary/aromatic N) is 1. The number of nitrogens with one attached hydrogen (secondary N) is 2. The third-order valence-corrected chi connectivity index (χ3v) is 4.50. The topological polar surface area (TPSA) is 61.4 Å². The van der Waals surface area contributed by atoms with Gasteiger partial charge in [-0.2, -0.15) is 0 Å². The first kappa shape index (κ1) is 17.9. The lowest BCUT2D eigenvalue weighted by Gasteiger charge is -2.18. The van der Waals surface area contributed by atoms with Crippen LogP contribution < -0.4 is 10.6 Å². The van der Waals surface area contributed by atoms with Crippen LogP contribution in [0.25, 0.3) is 0 Å². The third-order valence-electron chi connectivity index (χ3n) is 4.01. The number of anilines is 1. The highest BCUT2D eigenvalue weighted by Gasteiger charge is 2.29. The highest BCUT2D eigenvalue weighted by atomic mass is 79.9. The summed E-state index contributed by atoms with van der Waals surface area (Å²) in [5.41, 5.74) is 1.78. The summed E-state index contributed by atoms with van der Waals surface area (Å²) in [6.07, 6.45) is 2.40. The van der Waals surface area contributed by atoms with Crippen LogP contribution >= 0.6 is 15.9 Å². The zero-order valence-corrected chi connectivity index (χ0v) is 15.4. The van der Waals surface area contributed by atoms with Crippen LogP contribution in [-0.2, 0) is 9.59 Å². The van der Waals surface area contributed by atoms with Crippen molar-refractivity contribution in [2.45, 2.75) is 32.7 Å². The molecular formula is C17H24BrN3O2.